The fourth-order valence-corrected chi connectivity index (χ4v) is 2.85. The quantitative estimate of drug-likeness (QED) is 0.876. The normalized spacial score (nSPS) is 16.8. The number of nitrogens with one attached hydrogen (secondary N) is 1. The van der Waals surface area contributed by atoms with Crippen LogP contribution in [0.25, 0.3) is 0 Å². The Morgan fingerprint density at radius 2 is 1.88 bits per heavy atom. The first kappa shape index (κ1) is 16.9. The van der Waals surface area contributed by atoms with Crippen LogP contribution in [0.15, 0.2) is 54.7 Å². The largest absolute Gasteiger partial charge is 0.326 e. The number of benzene rings is 2. The highest BCUT2D eigenvalue weighted by Crippen LogP contribution is 2.29. The summed E-state index contributed by atoms with van der Waals surface area (Å²) in [6.45, 7) is 3.87. The van der Waals surface area contributed by atoms with E-state index in [1.165, 1.54) is 29.3 Å². The van der Waals surface area contributed by atoms with Gasteiger partial charge in [-0.2, -0.15) is 0 Å². The highest BCUT2D eigenvalue weighted by Gasteiger charge is 2.29. The Labute approximate surface area is 146 Å². The summed E-state index contributed by atoms with van der Waals surface area (Å²) >= 11 is 0. The first-order chi connectivity index (χ1) is 11.9. The van der Waals surface area contributed by atoms with Gasteiger partial charge in [-0.15, -0.1) is 0 Å². The van der Waals surface area contributed by atoms with Crippen LogP contribution in [-0.4, -0.2) is 16.7 Å². The molecule has 25 heavy (non-hydrogen) atoms. The molecular formula is C20H19FN2O2. The van der Waals surface area contributed by atoms with Gasteiger partial charge in [0.2, 0.25) is 0 Å². The fraction of sp³-hybridized carbons (Fsp3) is 0.200. The second kappa shape index (κ2) is 6.89. The fourth-order valence-electron chi connectivity index (χ4n) is 2.85. The van der Waals surface area contributed by atoms with E-state index in [1.54, 1.807) is 12.1 Å². The molecular weight excluding hydrogens is 319 g/mol. The zero-order chi connectivity index (χ0) is 18.0. The molecule has 1 unspecified atom stereocenters. The summed E-state index contributed by atoms with van der Waals surface area (Å²) in [7, 11) is 0. The molecule has 3 rings (SSSR count). The molecule has 0 spiro atoms. The van der Waals surface area contributed by atoms with E-state index in [9.17, 15) is 14.0 Å². The van der Waals surface area contributed by atoms with Gasteiger partial charge in [0.15, 0.2) is 5.78 Å². The molecule has 4 nitrogen and oxygen atoms in total. The maximum Gasteiger partial charge on any atom is 0.326 e. The number of carbonyl (C=O) groups is 2. The highest BCUT2D eigenvalue weighted by atomic mass is 19.1. The lowest BCUT2D eigenvalue weighted by Gasteiger charge is -2.31. The zero-order valence-electron chi connectivity index (χ0n) is 14.1. The second-order valence-corrected chi connectivity index (χ2v) is 6.21. The summed E-state index contributed by atoms with van der Waals surface area (Å²) in [4.78, 5) is 26.1. The predicted molar refractivity (Wildman–Crippen MR) is 94.7 cm³/mol. The number of carbonyl (C=O) groups excluding carboxylic acids is 2. The minimum atomic E-state index is -0.455. The lowest BCUT2D eigenvalue weighted by atomic mass is 9.97. The van der Waals surface area contributed by atoms with Gasteiger partial charge >= 0.3 is 6.03 Å². The van der Waals surface area contributed by atoms with Crippen LogP contribution in [0.2, 0.25) is 0 Å². The number of nitrogens with zero attached hydrogens (tertiary/aromatic N) is 1. The van der Waals surface area contributed by atoms with Crippen LogP contribution in [0.1, 0.15) is 29.2 Å². The number of amides is 2. The van der Waals surface area contributed by atoms with Crippen molar-refractivity contribution in [1.82, 2.24) is 4.90 Å². The summed E-state index contributed by atoms with van der Waals surface area (Å²) in [5, 5.41) is 2.90. The molecule has 0 saturated heterocycles. The van der Waals surface area contributed by atoms with Gasteiger partial charge in [0.05, 0.1) is 6.04 Å². The molecule has 2 aromatic carbocycles. The zero-order valence-corrected chi connectivity index (χ0v) is 14.1. The van der Waals surface area contributed by atoms with Crippen LogP contribution < -0.4 is 5.32 Å². The molecule has 0 fully saturated rings. The molecule has 0 bridgehead atoms. The Balaban J connectivity index is 1.88. The van der Waals surface area contributed by atoms with E-state index in [4.69, 9.17) is 0 Å². The average Bonchev–Trinajstić information content (AvgIpc) is 2.58. The van der Waals surface area contributed by atoms with Crippen molar-refractivity contribution in [3.63, 3.8) is 0 Å². The van der Waals surface area contributed by atoms with Gasteiger partial charge in [-0.05, 0) is 54.8 Å². The number of halogens is 1. The number of rotatable bonds is 2. The van der Waals surface area contributed by atoms with Crippen molar-refractivity contribution in [2.75, 3.05) is 5.32 Å². The first-order valence-corrected chi connectivity index (χ1v) is 8.07. The van der Waals surface area contributed by atoms with Crippen LogP contribution in [0, 0.1) is 19.7 Å². The Kier molecular flexibility index (Phi) is 4.65. The molecule has 2 amide bonds. The molecule has 0 saturated carbocycles. The molecule has 0 aromatic heterocycles. The lowest BCUT2D eigenvalue weighted by molar-refractivity contribution is -0.116. The van der Waals surface area contributed by atoms with Crippen molar-refractivity contribution >= 4 is 17.5 Å². The second-order valence-electron chi connectivity index (χ2n) is 6.21. The van der Waals surface area contributed by atoms with Gasteiger partial charge < -0.3 is 5.32 Å². The number of allylic oxidation sites excluding steroid dienone is 1. The summed E-state index contributed by atoms with van der Waals surface area (Å²) < 4.78 is 13.2. The number of urea groups is 1. The van der Waals surface area contributed by atoms with Crippen LogP contribution >= 0.6 is 0 Å². The van der Waals surface area contributed by atoms with Crippen molar-refractivity contribution in [2.45, 2.75) is 26.3 Å². The standard InChI is InChI=1S/C20H19FN2O2/c1-13-3-4-14(2)18(11-13)22-20(25)23-10-9-17(24)12-19(23)15-5-7-16(21)8-6-15/h3-11,19H,12H2,1-2H3,(H,22,25). The van der Waals surface area contributed by atoms with Gasteiger partial charge in [0.1, 0.15) is 5.82 Å². The molecule has 0 radical (unpaired) electrons. The van der Waals surface area contributed by atoms with Gasteiger partial charge in [-0.1, -0.05) is 24.3 Å². The van der Waals surface area contributed by atoms with Gasteiger partial charge in [0.25, 0.3) is 0 Å². The third-order valence-electron chi connectivity index (χ3n) is 4.28. The summed E-state index contributed by atoms with van der Waals surface area (Å²) in [5.41, 5.74) is 3.44. The van der Waals surface area contributed by atoms with E-state index in [0.29, 0.717) is 0 Å². The SMILES string of the molecule is Cc1ccc(C)c(NC(=O)N2C=CC(=O)CC2c2ccc(F)cc2)c1. The van der Waals surface area contributed by atoms with E-state index >= 15 is 0 Å². The Bertz CT molecular complexity index is 843. The summed E-state index contributed by atoms with van der Waals surface area (Å²) in [6, 6.07) is 10.9. The van der Waals surface area contributed by atoms with Crippen molar-refractivity contribution in [1.29, 1.82) is 0 Å². The van der Waals surface area contributed by atoms with Gasteiger partial charge in [-0.3, -0.25) is 9.69 Å². The number of hydrogen-bond acceptors (Lipinski definition) is 2. The number of ketones is 1. The Hall–Kier alpha value is -2.95. The van der Waals surface area contributed by atoms with Crippen molar-refractivity contribution < 1.29 is 14.0 Å². The van der Waals surface area contributed by atoms with Crippen LogP contribution in [0.5, 0.6) is 0 Å². The maximum atomic E-state index is 13.2. The predicted octanol–water partition coefficient (Wildman–Crippen LogP) is 4.50. The number of aryl methyl sites for hydroxylation is 2. The van der Waals surface area contributed by atoms with E-state index in [-0.39, 0.29) is 24.1 Å². The lowest BCUT2D eigenvalue weighted by Crippen LogP contribution is -2.37. The van der Waals surface area contributed by atoms with Crippen LogP contribution in [-0.2, 0) is 4.79 Å². The molecule has 128 valence electrons. The van der Waals surface area contributed by atoms with Crippen molar-refractivity contribution in [3.05, 3.63) is 77.2 Å². The first-order valence-electron chi connectivity index (χ1n) is 8.07. The molecule has 1 aliphatic heterocycles. The molecule has 0 aliphatic carbocycles. The molecule has 1 heterocycles. The van der Waals surface area contributed by atoms with Gasteiger partial charge in [-0.25, -0.2) is 9.18 Å². The molecule has 1 atom stereocenters. The van der Waals surface area contributed by atoms with E-state index < -0.39 is 6.04 Å². The van der Waals surface area contributed by atoms with Crippen LogP contribution in [0.4, 0.5) is 14.9 Å². The Morgan fingerprint density at radius 3 is 2.60 bits per heavy atom. The number of anilines is 1. The van der Waals surface area contributed by atoms with E-state index in [2.05, 4.69) is 5.32 Å². The van der Waals surface area contributed by atoms with Crippen molar-refractivity contribution in [3.8, 4) is 0 Å². The van der Waals surface area contributed by atoms with Crippen molar-refractivity contribution in [2.24, 2.45) is 0 Å². The Morgan fingerprint density at radius 1 is 1.16 bits per heavy atom. The van der Waals surface area contributed by atoms with E-state index in [0.717, 1.165) is 22.4 Å². The number of hydrogen-bond donors (Lipinski definition) is 1. The monoisotopic (exact) mass is 338 g/mol. The third kappa shape index (κ3) is 3.76. The average molecular weight is 338 g/mol. The van der Waals surface area contributed by atoms with E-state index in [1.807, 2.05) is 32.0 Å². The molecule has 5 heteroatoms. The third-order valence-corrected chi connectivity index (χ3v) is 4.28. The minimum absolute atomic E-state index is 0.0647. The summed E-state index contributed by atoms with van der Waals surface area (Å²) in [6.07, 6.45) is 3.05. The highest BCUT2D eigenvalue weighted by molar-refractivity contribution is 5.96. The van der Waals surface area contributed by atoms with Crippen LogP contribution in [0.3, 0.4) is 0 Å². The topological polar surface area (TPSA) is 49.4 Å². The smallest absolute Gasteiger partial charge is 0.307 e. The maximum absolute atomic E-state index is 13.2. The summed E-state index contributed by atoms with van der Waals surface area (Å²) in [5.74, 6) is -0.419. The molecule has 1 aliphatic rings. The molecule has 1 N–H and O–H groups in total. The van der Waals surface area contributed by atoms with Gasteiger partial charge in [0, 0.05) is 18.3 Å². The minimum Gasteiger partial charge on any atom is -0.307 e. The molecule has 2 aromatic rings.